The van der Waals surface area contributed by atoms with Gasteiger partial charge in [-0.2, -0.15) is 0 Å². The molecule has 2 atom stereocenters. The Labute approximate surface area is 196 Å². The van der Waals surface area contributed by atoms with Crippen molar-refractivity contribution in [2.45, 2.75) is 18.9 Å². The van der Waals surface area contributed by atoms with Gasteiger partial charge in [-0.25, -0.2) is 0 Å². The zero-order valence-electron chi connectivity index (χ0n) is 18.7. The van der Waals surface area contributed by atoms with E-state index in [1.54, 1.807) is 54.4 Å². The van der Waals surface area contributed by atoms with Crippen molar-refractivity contribution >= 4 is 29.1 Å². The summed E-state index contributed by atoms with van der Waals surface area (Å²) in [5, 5.41) is 5.69. The summed E-state index contributed by atoms with van der Waals surface area (Å²) in [5.41, 5.74) is 3.03. The second-order valence-electron chi connectivity index (χ2n) is 8.29. The molecule has 0 bridgehead atoms. The third-order valence-electron chi connectivity index (χ3n) is 6.05. The lowest BCUT2D eigenvalue weighted by Crippen LogP contribution is -2.44. The van der Waals surface area contributed by atoms with Crippen LogP contribution in [0.15, 0.2) is 66.7 Å². The summed E-state index contributed by atoms with van der Waals surface area (Å²) in [6.45, 7) is 1.56. The maximum Gasteiger partial charge on any atom is 0.254 e. The van der Waals surface area contributed by atoms with E-state index in [4.69, 9.17) is 9.47 Å². The van der Waals surface area contributed by atoms with Gasteiger partial charge in [0.2, 0.25) is 18.6 Å². The van der Waals surface area contributed by atoms with Gasteiger partial charge in [-0.05, 0) is 47.5 Å². The molecule has 0 unspecified atom stereocenters. The van der Waals surface area contributed by atoms with Crippen LogP contribution < -0.4 is 20.1 Å². The summed E-state index contributed by atoms with van der Waals surface area (Å²) >= 11 is 0. The van der Waals surface area contributed by atoms with Crippen LogP contribution in [0, 0.1) is 0 Å². The molecule has 2 aliphatic heterocycles. The molecule has 8 nitrogen and oxygen atoms in total. The van der Waals surface area contributed by atoms with Crippen LogP contribution in [0.3, 0.4) is 0 Å². The van der Waals surface area contributed by atoms with Gasteiger partial charge in [0.15, 0.2) is 11.5 Å². The van der Waals surface area contributed by atoms with Crippen molar-refractivity contribution < 1.29 is 23.9 Å². The fourth-order valence-electron chi connectivity index (χ4n) is 4.57. The summed E-state index contributed by atoms with van der Waals surface area (Å²) in [6, 6.07) is 19.0. The average molecular weight is 457 g/mol. The van der Waals surface area contributed by atoms with Crippen molar-refractivity contribution in [3.63, 3.8) is 0 Å². The van der Waals surface area contributed by atoms with Gasteiger partial charge >= 0.3 is 0 Å². The summed E-state index contributed by atoms with van der Waals surface area (Å²) in [5.74, 6) is -0.0927. The van der Waals surface area contributed by atoms with E-state index >= 15 is 0 Å². The first kappa shape index (κ1) is 21.5. The fraction of sp³-hybridized carbons (Fsp3) is 0.192. The van der Waals surface area contributed by atoms with Crippen molar-refractivity contribution in [2.75, 3.05) is 24.5 Å². The maximum absolute atomic E-state index is 13.7. The fourth-order valence-corrected chi connectivity index (χ4v) is 4.57. The minimum absolute atomic E-state index is 0.135. The molecule has 3 aromatic carbocycles. The SMILES string of the molecule is CC(=O)Nc1cccc(NC(=O)[C@@H]2c3ccccc3C(=O)N(C)[C@H]2c2ccc3c(c2)OCO3)c1. The molecule has 0 aromatic heterocycles. The number of hydrogen-bond donors (Lipinski definition) is 2. The number of carbonyl (C=O) groups excluding carboxylic acids is 3. The third kappa shape index (κ3) is 3.83. The maximum atomic E-state index is 13.7. The van der Waals surface area contributed by atoms with Crippen LogP contribution >= 0.6 is 0 Å². The number of fused-ring (bicyclic) bond motifs is 2. The minimum atomic E-state index is -0.677. The highest BCUT2D eigenvalue weighted by Crippen LogP contribution is 2.45. The second kappa shape index (κ2) is 8.55. The molecule has 0 spiro atoms. The van der Waals surface area contributed by atoms with Crippen LogP contribution in [-0.4, -0.2) is 36.5 Å². The van der Waals surface area contributed by atoms with Gasteiger partial charge in [-0.15, -0.1) is 0 Å². The normalized spacial score (nSPS) is 18.3. The Morgan fingerprint density at radius 1 is 0.912 bits per heavy atom. The lowest BCUT2D eigenvalue weighted by Gasteiger charge is -2.39. The molecule has 0 saturated heterocycles. The highest BCUT2D eigenvalue weighted by molar-refractivity contribution is 6.04. The molecule has 0 radical (unpaired) electrons. The molecule has 3 amide bonds. The Morgan fingerprint density at radius 3 is 2.44 bits per heavy atom. The summed E-state index contributed by atoms with van der Waals surface area (Å²) in [7, 11) is 1.70. The van der Waals surface area contributed by atoms with Crippen molar-refractivity contribution in [1.82, 2.24) is 4.90 Å². The number of anilines is 2. The molecule has 0 fully saturated rings. The Morgan fingerprint density at radius 2 is 1.65 bits per heavy atom. The predicted octanol–water partition coefficient (Wildman–Crippen LogP) is 3.92. The number of nitrogens with zero attached hydrogens (tertiary/aromatic N) is 1. The van der Waals surface area contributed by atoms with Gasteiger partial charge in [-0.3, -0.25) is 14.4 Å². The lowest BCUT2D eigenvalue weighted by molar-refractivity contribution is -0.119. The van der Waals surface area contributed by atoms with E-state index in [9.17, 15) is 14.4 Å². The van der Waals surface area contributed by atoms with E-state index in [1.165, 1.54) is 6.92 Å². The molecule has 172 valence electrons. The molecule has 0 aliphatic carbocycles. The number of carbonyl (C=O) groups is 3. The van der Waals surface area contributed by atoms with Crippen LogP contribution in [0.4, 0.5) is 11.4 Å². The first-order valence-electron chi connectivity index (χ1n) is 10.9. The van der Waals surface area contributed by atoms with Crippen molar-refractivity contribution in [3.8, 4) is 11.5 Å². The zero-order chi connectivity index (χ0) is 23.8. The number of rotatable bonds is 4. The monoisotopic (exact) mass is 457 g/mol. The van der Waals surface area contributed by atoms with E-state index in [0.29, 0.717) is 34.0 Å². The molecular formula is C26H23N3O5. The third-order valence-corrected chi connectivity index (χ3v) is 6.05. The molecule has 34 heavy (non-hydrogen) atoms. The summed E-state index contributed by atoms with van der Waals surface area (Å²) in [6.07, 6.45) is 0. The van der Waals surface area contributed by atoms with E-state index in [-0.39, 0.29) is 24.5 Å². The van der Waals surface area contributed by atoms with Crippen LogP contribution in [-0.2, 0) is 9.59 Å². The number of hydrogen-bond acceptors (Lipinski definition) is 5. The topological polar surface area (TPSA) is 97.0 Å². The largest absolute Gasteiger partial charge is 0.454 e. The quantitative estimate of drug-likeness (QED) is 0.619. The lowest BCUT2D eigenvalue weighted by atomic mass is 9.79. The van der Waals surface area contributed by atoms with E-state index in [2.05, 4.69) is 10.6 Å². The molecule has 2 aliphatic rings. The Balaban J connectivity index is 1.55. The van der Waals surface area contributed by atoms with Crippen LogP contribution in [0.5, 0.6) is 11.5 Å². The molecule has 0 saturated carbocycles. The Hall–Kier alpha value is -4.33. The van der Waals surface area contributed by atoms with Crippen LogP contribution in [0.2, 0.25) is 0 Å². The van der Waals surface area contributed by atoms with Crippen LogP contribution in [0.1, 0.15) is 40.4 Å². The first-order chi connectivity index (χ1) is 16.4. The highest BCUT2D eigenvalue weighted by atomic mass is 16.7. The number of benzene rings is 3. The zero-order valence-corrected chi connectivity index (χ0v) is 18.7. The van der Waals surface area contributed by atoms with E-state index < -0.39 is 12.0 Å². The van der Waals surface area contributed by atoms with Gasteiger partial charge in [-0.1, -0.05) is 30.3 Å². The van der Waals surface area contributed by atoms with Gasteiger partial charge < -0.3 is 25.0 Å². The first-order valence-corrected chi connectivity index (χ1v) is 10.9. The number of amides is 3. The molecule has 3 aromatic rings. The standard InChI is InChI=1S/C26H23N3O5/c1-15(30)27-17-6-5-7-18(13-17)28-25(31)23-19-8-3-4-9-20(19)26(32)29(2)24(23)16-10-11-21-22(12-16)34-14-33-21/h3-13,23-24H,14H2,1-2H3,(H,27,30)(H,28,31)/t23-,24+/m1/s1. The van der Waals surface area contributed by atoms with Crippen LogP contribution in [0.25, 0.3) is 0 Å². The molecular weight excluding hydrogens is 434 g/mol. The molecule has 8 heteroatoms. The number of nitrogens with one attached hydrogen (secondary N) is 2. The van der Waals surface area contributed by atoms with Crippen molar-refractivity contribution in [2.24, 2.45) is 0 Å². The van der Waals surface area contributed by atoms with Gasteiger partial charge in [0.25, 0.3) is 5.91 Å². The summed E-state index contributed by atoms with van der Waals surface area (Å²) in [4.78, 5) is 40.0. The van der Waals surface area contributed by atoms with Gasteiger partial charge in [0, 0.05) is 30.9 Å². The van der Waals surface area contributed by atoms with E-state index in [0.717, 1.165) is 5.56 Å². The Bertz CT molecular complexity index is 1310. The number of likely N-dealkylation sites (N-methyl/N-ethyl adjacent to an activating group) is 1. The second-order valence-corrected chi connectivity index (χ2v) is 8.29. The van der Waals surface area contributed by atoms with Gasteiger partial charge in [0.05, 0.1) is 12.0 Å². The average Bonchev–Trinajstić information content (AvgIpc) is 3.29. The minimum Gasteiger partial charge on any atom is -0.454 e. The highest BCUT2D eigenvalue weighted by Gasteiger charge is 2.43. The van der Waals surface area contributed by atoms with E-state index in [1.807, 2.05) is 24.3 Å². The molecule has 2 heterocycles. The Kier molecular flexibility index (Phi) is 5.41. The predicted molar refractivity (Wildman–Crippen MR) is 126 cm³/mol. The van der Waals surface area contributed by atoms with Crippen molar-refractivity contribution in [1.29, 1.82) is 0 Å². The smallest absolute Gasteiger partial charge is 0.254 e. The van der Waals surface area contributed by atoms with Crippen molar-refractivity contribution in [3.05, 3.63) is 83.4 Å². The number of ether oxygens (including phenoxy) is 2. The van der Waals surface area contributed by atoms with Gasteiger partial charge in [0.1, 0.15) is 0 Å². The molecule has 2 N–H and O–H groups in total. The summed E-state index contributed by atoms with van der Waals surface area (Å²) < 4.78 is 11.0. The molecule has 5 rings (SSSR count).